The van der Waals surface area contributed by atoms with Gasteiger partial charge in [-0.25, -0.2) is 13.4 Å². The Hall–Kier alpha value is -1.27. The highest BCUT2D eigenvalue weighted by Crippen LogP contribution is 2.26. The first kappa shape index (κ1) is 13.2. The van der Waals surface area contributed by atoms with Gasteiger partial charge in [0.1, 0.15) is 5.82 Å². The molecular weight excluding hydrogens is 276 g/mol. The van der Waals surface area contributed by atoms with Crippen molar-refractivity contribution in [2.45, 2.75) is 24.8 Å². The summed E-state index contributed by atoms with van der Waals surface area (Å²) in [5.41, 5.74) is 0.438. The molecule has 2 aromatic heterocycles. The fraction of sp³-hybridized carbons (Fsp3) is 0.364. The Labute approximate surface area is 110 Å². The number of fused-ring (bicyclic) bond motifs is 1. The molecule has 0 aliphatic rings. The van der Waals surface area contributed by atoms with Crippen LogP contribution in [-0.2, 0) is 15.5 Å². The van der Waals surface area contributed by atoms with Crippen LogP contribution >= 0.6 is 10.7 Å². The van der Waals surface area contributed by atoms with Gasteiger partial charge in [-0.05, 0) is 18.6 Å². The molecule has 2 aromatic rings. The maximum absolute atomic E-state index is 11.5. The largest absolute Gasteiger partial charge is 0.482 e. The van der Waals surface area contributed by atoms with Crippen LogP contribution in [0.2, 0.25) is 0 Å². The Morgan fingerprint density at radius 3 is 2.72 bits per heavy atom. The predicted octanol–water partition coefficient (Wildman–Crippen LogP) is 2.22. The van der Waals surface area contributed by atoms with Crippen molar-refractivity contribution in [1.29, 1.82) is 0 Å². The monoisotopic (exact) mass is 288 g/mol. The zero-order valence-corrected chi connectivity index (χ0v) is 11.6. The summed E-state index contributed by atoms with van der Waals surface area (Å²) in [6.45, 7) is 1.99. The number of nitrogens with zero attached hydrogens (tertiary/aromatic N) is 2. The van der Waals surface area contributed by atoms with Crippen LogP contribution in [0.15, 0.2) is 23.2 Å². The van der Waals surface area contributed by atoms with E-state index in [0.29, 0.717) is 23.6 Å². The maximum Gasteiger partial charge on any atom is 0.280 e. The third-order valence-corrected chi connectivity index (χ3v) is 3.78. The minimum absolute atomic E-state index is 0.119. The Morgan fingerprint density at radius 1 is 1.44 bits per heavy atom. The first-order valence-corrected chi connectivity index (χ1v) is 7.79. The van der Waals surface area contributed by atoms with Crippen LogP contribution in [0.3, 0.4) is 0 Å². The first-order chi connectivity index (χ1) is 8.49. The number of rotatable bonds is 4. The summed E-state index contributed by atoms with van der Waals surface area (Å²) in [6.07, 6.45) is 1.49. The molecule has 0 fully saturated rings. The minimum Gasteiger partial charge on any atom is -0.482 e. The highest BCUT2D eigenvalue weighted by Gasteiger charge is 2.22. The van der Waals surface area contributed by atoms with Crippen molar-refractivity contribution in [2.75, 3.05) is 7.11 Å². The van der Waals surface area contributed by atoms with E-state index in [2.05, 4.69) is 4.98 Å². The second-order valence-corrected chi connectivity index (χ2v) is 6.29. The summed E-state index contributed by atoms with van der Waals surface area (Å²) >= 11 is 0. The number of halogens is 1. The third-order valence-electron chi connectivity index (χ3n) is 2.58. The van der Waals surface area contributed by atoms with Gasteiger partial charge in [-0.3, -0.25) is 4.40 Å². The standard InChI is InChI=1S/C11H13ClN2O3S/c1-3-5-9-13-11(18(12,15)16)8-6-4-7-10(17-2)14(8)9/h4,6-7H,3,5H2,1-2H3. The molecule has 0 saturated heterocycles. The van der Waals surface area contributed by atoms with Gasteiger partial charge in [0.05, 0.1) is 12.6 Å². The number of pyridine rings is 1. The summed E-state index contributed by atoms with van der Waals surface area (Å²) in [5.74, 6) is 1.17. The van der Waals surface area contributed by atoms with E-state index in [9.17, 15) is 8.42 Å². The SMILES string of the molecule is CCCc1nc(S(=O)(=O)Cl)c2cccc(OC)n12. The molecule has 18 heavy (non-hydrogen) atoms. The second kappa shape index (κ2) is 4.78. The van der Waals surface area contributed by atoms with Gasteiger partial charge in [0.15, 0.2) is 10.9 Å². The summed E-state index contributed by atoms with van der Waals surface area (Å²) < 4.78 is 29.9. The number of aryl methyl sites for hydroxylation is 1. The molecule has 2 heterocycles. The summed E-state index contributed by atoms with van der Waals surface area (Å²) in [5, 5.41) is -0.119. The van der Waals surface area contributed by atoms with E-state index in [1.165, 1.54) is 7.11 Å². The normalized spacial score (nSPS) is 11.9. The van der Waals surface area contributed by atoms with Crippen molar-refractivity contribution in [3.8, 4) is 5.88 Å². The molecule has 0 radical (unpaired) electrons. The lowest BCUT2D eigenvalue weighted by Crippen LogP contribution is -1.98. The van der Waals surface area contributed by atoms with Gasteiger partial charge < -0.3 is 4.74 Å². The number of aromatic nitrogens is 2. The topological polar surface area (TPSA) is 60.7 Å². The van der Waals surface area contributed by atoms with Crippen molar-refractivity contribution in [3.05, 3.63) is 24.0 Å². The lowest BCUT2D eigenvalue weighted by Gasteiger charge is -2.06. The molecule has 98 valence electrons. The van der Waals surface area contributed by atoms with Crippen molar-refractivity contribution >= 4 is 25.2 Å². The van der Waals surface area contributed by atoms with Gasteiger partial charge in [0, 0.05) is 17.1 Å². The summed E-state index contributed by atoms with van der Waals surface area (Å²) in [6, 6.07) is 5.11. The van der Waals surface area contributed by atoms with Crippen molar-refractivity contribution in [2.24, 2.45) is 0 Å². The Kier molecular flexibility index (Phi) is 3.49. The van der Waals surface area contributed by atoms with Crippen LogP contribution in [0.25, 0.3) is 5.52 Å². The number of methoxy groups -OCH3 is 1. The first-order valence-electron chi connectivity index (χ1n) is 5.48. The van der Waals surface area contributed by atoms with Gasteiger partial charge in [-0.1, -0.05) is 13.0 Å². The fourth-order valence-corrected chi connectivity index (χ4v) is 2.84. The van der Waals surface area contributed by atoms with E-state index in [4.69, 9.17) is 15.4 Å². The Bertz CT molecular complexity index is 679. The van der Waals surface area contributed by atoms with Crippen molar-refractivity contribution in [3.63, 3.8) is 0 Å². The molecule has 0 spiro atoms. The molecule has 0 saturated carbocycles. The zero-order valence-electron chi connectivity index (χ0n) is 10.1. The van der Waals surface area contributed by atoms with E-state index in [1.807, 2.05) is 6.92 Å². The molecule has 0 unspecified atom stereocenters. The minimum atomic E-state index is -3.87. The van der Waals surface area contributed by atoms with E-state index < -0.39 is 9.05 Å². The van der Waals surface area contributed by atoms with Crippen LogP contribution in [0.5, 0.6) is 5.88 Å². The number of hydrogen-bond donors (Lipinski definition) is 0. The van der Waals surface area contributed by atoms with Crippen LogP contribution in [0, 0.1) is 0 Å². The highest BCUT2D eigenvalue weighted by molar-refractivity contribution is 8.13. The highest BCUT2D eigenvalue weighted by atomic mass is 35.7. The zero-order chi connectivity index (χ0) is 13.3. The smallest absolute Gasteiger partial charge is 0.280 e. The molecule has 0 N–H and O–H groups in total. The molecule has 2 rings (SSSR count). The van der Waals surface area contributed by atoms with Gasteiger partial charge >= 0.3 is 0 Å². The van der Waals surface area contributed by atoms with Crippen molar-refractivity contribution in [1.82, 2.24) is 9.38 Å². The third kappa shape index (κ3) is 2.18. The molecule has 0 aliphatic carbocycles. The quantitative estimate of drug-likeness (QED) is 0.810. The average Bonchev–Trinajstić information content (AvgIpc) is 2.68. The lowest BCUT2D eigenvalue weighted by molar-refractivity contribution is 0.390. The second-order valence-electron chi connectivity index (χ2n) is 3.81. The van der Waals surface area contributed by atoms with Crippen LogP contribution in [-0.4, -0.2) is 24.9 Å². The van der Waals surface area contributed by atoms with Crippen LogP contribution in [0.1, 0.15) is 19.2 Å². The number of imidazole rings is 1. The predicted molar refractivity (Wildman–Crippen MR) is 68.8 cm³/mol. The van der Waals surface area contributed by atoms with Gasteiger partial charge in [-0.2, -0.15) is 0 Å². The number of hydrogen-bond acceptors (Lipinski definition) is 4. The summed E-state index contributed by atoms with van der Waals surface area (Å²) in [7, 11) is 3.06. The molecule has 0 aromatic carbocycles. The van der Waals surface area contributed by atoms with Gasteiger partial charge in [0.2, 0.25) is 0 Å². The van der Waals surface area contributed by atoms with Crippen LogP contribution in [0.4, 0.5) is 0 Å². The van der Waals surface area contributed by atoms with E-state index in [1.54, 1.807) is 22.6 Å². The van der Waals surface area contributed by atoms with Crippen molar-refractivity contribution < 1.29 is 13.2 Å². The van der Waals surface area contributed by atoms with E-state index >= 15 is 0 Å². The maximum atomic E-state index is 11.5. The Morgan fingerprint density at radius 2 is 2.17 bits per heavy atom. The Balaban J connectivity index is 2.84. The number of ether oxygens (including phenoxy) is 1. The molecular formula is C11H13ClN2O3S. The molecule has 0 aliphatic heterocycles. The van der Waals surface area contributed by atoms with Crippen LogP contribution < -0.4 is 4.74 Å². The van der Waals surface area contributed by atoms with E-state index in [0.717, 1.165) is 6.42 Å². The molecule has 0 bridgehead atoms. The molecule has 0 atom stereocenters. The average molecular weight is 289 g/mol. The van der Waals surface area contributed by atoms with Gasteiger partial charge in [0.25, 0.3) is 9.05 Å². The summed E-state index contributed by atoms with van der Waals surface area (Å²) in [4.78, 5) is 4.12. The molecule has 0 amide bonds. The van der Waals surface area contributed by atoms with Gasteiger partial charge in [-0.15, -0.1) is 0 Å². The van der Waals surface area contributed by atoms with E-state index in [-0.39, 0.29) is 5.03 Å². The molecule has 5 nitrogen and oxygen atoms in total. The fourth-order valence-electron chi connectivity index (χ4n) is 1.88. The molecule has 7 heteroatoms. The lowest BCUT2D eigenvalue weighted by atomic mass is 10.3.